The summed E-state index contributed by atoms with van der Waals surface area (Å²) < 4.78 is 1.99. The predicted molar refractivity (Wildman–Crippen MR) is 82.3 cm³/mol. The van der Waals surface area contributed by atoms with Crippen LogP contribution >= 0.6 is 12.2 Å². The maximum atomic E-state index is 5.02. The fourth-order valence-electron chi connectivity index (χ4n) is 1.85. The first kappa shape index (κ1) is 12.5. The van der Waals surface area contributed by atoms with E-state index in [0.29, 0.717) is 4.77 Å². The standard InChI is InChI=1S/C15H12N4S/c20-15-18-16-11-19(15)17-10-12-6-8-14(9-7-12)13-4-2-1-3-5-13/h1-11H,(H,18,20). The van der Waals surface area contributed by atoms with E-state index in [-0.39, 0.29) is 0 Å². The molecular weight excluding hydrogens is 268 g/mol. The van der Waals surface area contributed by atoms with Crippen molar-refractivity contribution in [2.45, 2.75) is 0 Å². The zero-order valence-electron chi connectivity index (χ0n) is 10.6. The quantitative estimate of drug-likeness (QED) is 0.589. The van der Waals surface area contributed by atoms with Gasteiger partial charge in [0.05, 0.1) is 6.21 Å². The zero-order valence-corrected chi connectivity index (χ0v) is 11.4. The van der Waals surface area contributed by atoms with Gasteiger partial charge in [-0.05, 0) is 28.9 Å². The second-order valence-electron chi connectivity index (χ2n) is 4.24. The largest absolute Gasteiger partial charge is 0.250 e. The lowest BCUT2D eigenvalue weighted by molar-refractivity contribution is 0.863. The topological polar surface area (TPSA) is 46.0 Å². The molecule has 20 heavy (non-hydrogen) atoms. The van der Waals surface area contributed by atoms with Gasteiger partial charge in [-0.3, -0.25) is 5.10 Å². The van der Waals surface area contributed by atoms with Crippen LogP contribution in [0, 0.1) is 4.77 Å². The minimum Gasteiger partial charge on any atom is -0.250 e. The molecule has 0 spiro atoms. The highest BCUT2D eigenvalue weighted by Gasteiger charge is 1.96. The summed E-state index contributed by atoms with van der Waals surface area (Å²) in [5, 5.41) is 10.7. The van der Waals surface area contributed by atoms with Crippen molar-refractivity contribution in [2.75, 3.05) is 0 Å². The Kier molecular flexibility index (Phi) is 3.52. The first-order valence-electron chi connectivity index (χ1n) is 6.15. The van der Waals surface area contributed by atoms with E-state index in [9.17, 15) is 0 Å². The van der Waals surface area contributed by atoms with Crippen LogP contribution in [0.25, 0.3) is 11.1 Å². The van der Waals surface area contributed by atoms with E-state index in [1.54, 1.807) is 6.21 Å². The minimum atomic E-state index is 0.474. The number of nitrogens with zero attached hydrogens (tertiary/aromatic N) is 3. The van der Waals surface area contributed by atoms with Gasteiger partial charge >= 0.3 is 0 Å². The molecule has 3 aromatic rings. The molecule has 1 N–H and O–H groups in total. The predicted octanol–water partition coefficient (Wildman–Crippen LogP) is 3.49. The van der Waals surface area contributed by atoms with E-state index in [1.807, 2.05) is 30.3 Å². The van der Waals surface area contributed by atoms with E-state index < -0.39 is 0 Å². The van der Waals surface area contributed by atoms with Crippen molar-refractivity contribution < 1.29 is 0 Å². The summed E-state index contributed by atoms with van der Waals surface area (Å²) in [5.41, 5.74) is 3.39. The Labute approximate surface area is 121 Å². The third kappa shape index (κ3) is 2.73. The summed E-state index contributed by atoms with van der Waals surface area (Å²) in [6.45, 7) is 0. The van der Waals surface area contributed by atoms with Crippen molar-refractivity contribution in [1.82, 2.24) is 14.9 Å². The summed E-state index contributed by atoms with van der Waals surface area (Å²) in [7, 11) is 0. The first-order chi connectivity index (χ1) is 9.83. The lowest BCUT2D eigenvalue weighted by Crippen LogP contribution is -1.89. The maximum Gasteiger partial charge on any atom is 0.216 e. The average molecular weight is 280 g/mol. The van der Waals surface area contributed by atoms with Gasteiger partial charge in [-0.2, -0.15) is 14.9 Å². The highest BCUT2D eigenvalue weighted by molar-refractivity contribution is 7.71. The van der Waals surface area contributed by atoms with E-state index in [4.69, 9.17) is 12.2 Å². The number of hydrogen-bond acceptors (Lipinski definition) is 3. The van der Waals surface area contributed by atoms with Crippen LogP contribution in [0.15, 0.2) is 66.0 Å². The van der Waals surface area contributed by atoms with Crippen LogP contribution in [0.5, 0.6) is 0 Å². The summed E-state index contributed by atoms with van der Waals surface area (Å²) in [6, 6.07) is 18.5. The van der Waals surface area contributed by atoms with Crippen LogP contribution in [-0.4, -0.2) is 21.1 Å². The second kappa shape index (κ2) is 5.63. The van der Waals surface area contributed by atoms with Crippen LogP contribution in [0.4, 0.5) is 0 Å². The molecule has 3 rings (SSSR count). The molecular formula is C15H12N4S. The van der Waals surface area contributed by atoms with Gasteiger partial charge in [0.25, 0.3) is 0 Å². The number of rotatable bonds is 3. The maximum absolute atomic E-state index is 5.02. The normalized spacial score (nSPS) is 11.0. The molecule has 0 unspecified atom stereocenters. The van der Waals surface area contributed by atoms with Gasteiger partial charge in [0.1, 0.15) is 6.33 Å². The Morgan fingerprint density at radius 1 is 1.00 bits per heavy atom. The van der Waals surface area contributed by atoms with Gasteiger partial charge in [0.2, 0.25) is 4.77 Å². The highest BCUT2D eigenvalue weighted by atomic mass is 32.1. The lowest BCUT2D eigenvalue weighted by Gasteiger charge is -2.01. The number of benzene rings is 2. The molecule has 0 atom stereocenters. The van der Waals surface area contributed by atoms with Gasteiger partial charge in [0, 0.05) is 0 Å². The Hall–Kier alpha value is -2.53. The smallest absolute Gasteiger partial charge is 0.216 e. The summed E-state index contributed by atoms with van der Waals surface area (Å²) >= 11 is 5.02. The number of nitrogens with one attached hydrogen (secondary N) is 1. The summed E-state index contributed by atoms with van der Waals surface area (Å²) in [6.07, 6.45) is 3.29. The first-order valence-corrected chi connectivity index (χ1v) is 6.55. The Bertz CT molecular complexity index is 769. The number of aromatic nitrogens is 3. The highest BCUT2D eigenvalue weighted by Crippen LogP contribution is 2.18. The van der Waals surface area contributed by atoms with Crippen LogP contribution in [0.3, 0.4) is 0 Å². The fourth-order valence-corrected chi connectivity index (χ4v) is 1.99. The molecule has 0 aliphatic carbocycles. The molecule has 2 aromatic carbocycles. The van der Waals surface area contributed by atoms with Gasteiger partial charge in [-0.15, -0.1) is 0 Å². The van der Waals surface area contributed by atoms with Crippen LogP contribution in [0.1, 0.15) is 5.56 Å². The summed E-state index contributed by atoms with van der Waals surface area (Å²) in [4.78, 5) is 0. The number of aromatic amines is 1. The van der Waals surface area contributed by atoms with Crippen molar-refractivity contribution in [3.63, 3.8) is 0 Å². The molecule has 0 aliphatic heterocycles. The molecule has 1 heterocycles. The average Bonchev–Trinajstić information content (AvgIpc) is 2.92. The van der Waals surface area contributed by atoms with Crippen LogP contribution in [0.2, 0.25) is 0 Å². The van der Waals surface area contributed by atoms with Crippen LogP contribution < -0.4 is 0 Å². The number of hydrogen-bond donors (Lipinski definition) is 1. The molecule has 5 heteroatoms. The third-order valence-corrected chi connectivity index (χ3v) is 3.16. The second-order valence-corrected chi connectivity index (χ2v) is 4.63. The van der Waals surface area contributed by atoms with E-state index in [0.717, 1.165) is 5.56 Å². The minimum absolute atomic E-state index is 0.474. The molecule has 4 nitrogen and oxygen atoms in total. The molecule has 0 amide bonds. The van der Waals surface area contributed by atoms with Crippen LogP contribution in [-0.2, 0) is 0 Å². The zero-order chi connectivity index (χ0) is 13.8. The SMILES string of the molecule is S=c1[nH]ncn1N=Cc1ccc(-c2ccccc2)cc1. The van der Waals surface area contributed by atoms with Crippen molar-refractivity contribution in [3.05, 3.63) is 71.3 Å². The molecule has 0 saturated heterocycles. The van der Waals surface area contributed by atoms with E-state index in [1.165, 1.54) is 22.1 Å². The Morgan fingerprint density at radius 3 is 2.35 bits per heavy atom. The molecule has 0 saturated carbocycles. The fraction of sp³-hybridized carbons (Fsp3) is 0. The third-order valence-electron chi connectivity index (χ3n) is 2.88. The van der Waals surface area contributed by atoms with Crippen molar-refractivity contribution >= 4 is 18.4 Å². The van der Waals surface area contributed by atoms with E-state index >= 15 is 0 Å². The van der Waals surface area contributed by atoms with Gasteiger partial charge < -0.3 is 0 Å². The molecule has 0 fully saturated rings. The Balaban J connectivity index is 1.82. The van der Waals surface area contributed by atoms with Gasteiger partial charge in [-0.25, -0.2) is 0 Å². The molecule has 98 valence electrons. The Morgan fingerprint density at radius 2 is 1.70 bits per heavy atom. The van der Waals surface area contributed by atoms with Crippen molar-refractivity contribution in [1.29, 1.82) is 0 Å². The molecule has 0 aliphatic rings. The monoisotopic (exact) mass is 280 g/mol. The van der Waals surface area contributed by atoms with Gasteiger partial charge in [-0.1, -0.05) is 54.6 Å². The number of H-pyrrole nitrogens is 1. The molecule has 0 bridgehead atoms. The van der Waals surface area contributed by atoms with Crippen molar-refractivity contribution in [3.8, 4) is 11.1 Å². The van der Waals surface area contributed by atoms with E-state index in [2.05, 4.69) is 39.6 Å². The lowest BCUT2D eigenvalue weighted by atomic mass is 10.0. The van der Waals surface area contributed by atoms with Crippen molar-refractivity contribution in [2.24, 2.45) is 5.10 Å². The molecule has 0 radical (unpaired) electrons. The molecule has 1 aromatic heterocycles. The van der Waals surface area contributed by atoms with Gasteiger partial charge in [0.15, 0.2) is 0 Å². The summed E-state index contributed by atoms with van der Waals surface area (Å²) in [5.74, 6) is 0.